The molecule has 0 saturated carbocycles. The predicted molar refractivity (Wildman–Crippen MR) is 38.7 cm³/mol. The van der Waals surface area contributed by atoms with Crippen molar-refractivity contribution in [3.8, 4) is 0 Å². The van der Waals surface area contributed by atoms with E-state index in [1.165, 1.54) is 0 Å². The van der Waals surface area contributed by atoms with Gasteiger partial charge in [-0.3, -0.25) is 4.99 Å². The van der Waals surface area contributed by atoms with Crippen molar-refractivity contribution in [3.05, 3.63) is 0 Å². The molecule has 0 bridgehead atoms. The zero-order chi connectivity index (χ0) is 7.28. The van der Waals surface area contributed by atoms with Gasteiger partial charge in [-0.1, -0.05) is 0 Å². The van der Waals surface area contributed by atoms with Crippen LogP contribution >= 0.6 is 0 Å². The molecule has 0 aliphatic heterocycles. The second kappa shape index (κ2) is 4.32. The fourth-order valence-corrected chi connectivity index (χ4v) is 0.294. The van der Waals surface area contributed by atoms with Gasteiger partial charge in [0, 0.05) is 14.1 Å². The van der Waals surface area contributed by atoms with Crippen LogP contribution in [0.15, 0.2) is 4.99 Å². The molecular formula is C6H14N2O. The minimum Gasteiger partial charge on any atom is -0.394 e. The first-order valence-electron chi connectivity index (χ1n) is 2.97. The first-order valence-corrected chi connectivity index (χ1v) is 2.97. The van der Waals surface area contributed by atoms with Gasteiger partial charge in [-0.15, -0.1) is 0 Å². The summed E-state index contributed by atoms with van der Waals surface area (Å²) in [5.74, 6) is 0. The Morgan fingerprint density at radius 2 is 2.22 bits per heavy atom. The number of rotatable bonds is 3. The van der Waals surface area contributed by atoms with Crippen LogP contribution in [0, 0.1) is 0 Å². The Labute approximate surface area is 56.0 Å². The first-order chi connectivity index (χ1) is 4.16. The maximum atomic E-state index is 8.52. The number of aliphatic hydroxyl groups is 1. The standard InChI is InChI=1S/C6H14N2O/c1-6(4-9)7-5-8(2)3/h5-6,9H,4H2,1-3H3/t6-/m1/s1. The molecule has 0 aliphatic rings. The average Bonchev–Trinajstić information content (AvgIpc) is 1.83. The van der Waals surface area contributed by atoms with E-state index in [2.05, 4.69) is 4.99 Å². The van der Waals surface area contributed by atoms with Crippen molar-refractivity contribution >= 4 is 6.34 Å². The van der Waals surface area contributed by atoms with E-state index in [0.717, 1.165) is 0 Å². The number of nitrogens with zero attached hydrogens (tertiary/aromatic N) is 2. The summed E-state index contributed by atoms with van der Waals surface area (Å²) in [6, 6.07) is 0.0207. The topological polar surface area (TPSA) is 35.8 Å². The second-order valence-electron chi connectivity index (χ2n) is 2.26. The lowest BCUT2D eigenvalue weighted by Crippen LogP contribution is -2.12. The molecular weight excluding hydrogens is 116 g/mol. The summed E-state index contributed by atoms with van der Waals surface area (Å²) in [6.45, 7) is 1.98. The highest BCUT2D eigenvalue weighted by Gasteiger charge is 1.91. The maximum Gasteiger partial charge on any atom is 0.0848 e. The highest BCUT2D eigenvalue weighted by Crippen LogP contribution is 1.83. The Kier molecular flexibility index (Phi) is 4.05. The van der Waals surface area contributed by atoms with E-state index in [0.29, 0.717) is 0 Å². The Morgan fingerprint density at radius 1 is 1.67 bits per heavy atom. The zero-order valence-corrected chi connectivity index (χ0v) is 6.20. The highest BCUT2D eigenvalue weighted by atomic mass is 16.3. The minimum atomic E-state index is 0.0207. The summed E-state index contributed by atoms with van der Waals surface area (Å²) in [7, 11) is 3.79. The van der Waals surface area contributed by atoms with Crippen LogP contribution in [-0.4, -0.2) is 43.1 Å². The third kappa shape index (κ3) is 5.30. The molecule has 0 aromatic rings. The van der Waals surface area contributed by atoms with Crippen LogP contribution in [0.3, 0.4) is 0 Å². The van der Waals surface area contributed by atoms with Crippen LogP contribution in [0.25, 0.3) is 0 Å². The normalized spacial score (nSPS) is 14.2. The summed E-state index contributed by atoms with van der Waals surface area (Å²) in [5.41, 5.74) is 0. The molecule has 0 amide bonds. The molecule has 9 heavy (non-hydrogen) atoms. The van der Waals surface area contributed by atoms with Gasteiger partial charge in [0.2, 0.25) is 0 Å². The van der Waals surface area contributed by atoms with Gasteiger partial charge in [0.15, 0.2) is 0 Å². The molecule has 0 fully saturated rings. The number of hydrogen-bond donors (Lipinski definition) is 1. The predicted octanol–water partition coefficient (Wildman–Crippen LogP) is -0.0429. The van der Waals surface area contributed by atoms with Gasteiger partial charge in [0.1, 0.15) is 0 Å². The molecule has 0 aromatic heterocycles. The van der Waals surface area contributed by atoms with Gasteiger partial charge in [-0.2, -0.15) is 0 Å². The second-order valence-corrected chi connectivity index (χ2v) is 2.26. The lowest BCUT2D eigenvalue weighted by atomic mass is 10.4. The van der Waals surface area contributed by atoms with Crippen molar-refractivity contribution < 1.29 is 5.11 Å². The molecule has 3 heteroatoms. The fraction of sp³-hybridized carbons (Fsp3) is 0.833. The first kappa shape index (κ1) is 8.43. The average molecular weight is 130 g/mol. The third-order valence-electron chi connectivity index (χ3n) is 0.816. The summed E-state index contributed by atoms with van der Waals surface area (Å²) in [6.07, 6.45) is 1.70. The minimum absolute atomic E-state index is 0.0207. The number of hydrogen-bond acceptors (Lipinski definition) is 2. The molecule has 0 saturated heterocycles. The van der Waals surface area contributed by atoms with Gasteiger partial charge in [-0.05, 0) is 6.92 Å². The van der Waals surface area contributed by atoms with Gasteiger partial charge >= 0.3 is 0 Å². The van der Waals surface area contributed by atoms with Crippen molar-refractivity contribution in [2.24, 2.45) is 4.99 Å². The van der Waals surface area contributed by atoms with E-state index >= 15 is 0 Å². The van der Waals surface area contributed by atoms with Crippen LogP contribution in [0.4, 0.5) is 0 Å². The van der Waals surface area contributed by atoms with Gasteiger partial charge in [0.05, 0.1) is 19.0 Å². The van der Waals surface area contributed by atoms with E-state index in [9.17, 15) is 0 Å². The van der Waals surface area contributed by atoms with E-state index in [1.54, 1.807) is 6.34 Å². The quantitative estimate of drug-likeness (QED) is 0.429. The molecule has 0 spiro atoms. The molecule has 54 valence electrons. The van der Waals surface area contributed by atoms with Crippen molar-refractivity contribution in [3.63, 3.8) is 0 Å². The monoisotopic (exact) mass is 130 g/mol. The summed E-state index contributed by atoms with van der Waals surface area (Å²) < 4.78 is 0. The summed E-state index contributed by atoms with van der Waals surface area (Å²) in [5, 5.41) is 8.52. The van der Waals surface area contributed by atoms with Gasteiger partial charge in [-0.25, -0.2) is 0 Å². The van der Waals surface area contributed by atoms with E-state index < -0.39 is 0 Å². The Morgan fingerprint density at radius 3 is 2.56 bits per heavy atom. The van der Waals surface area contributed by atoms with Crippen molar-refractivity contribution in [2.75, 3.05) is 20.7 Å². The van der Waals surface area contributed by atoms with Crippen LogP contribution in [0.5, 0.6) is 0 Å². The van der Waals surface area contributed by atoms with Crippen molar-refractivity contribution in [1.82, 2.24) is 4.90 Å². The molecule has 0 radical (unpaired) electrons. The van der Waals surface area contributed by atoms with Gasteiger partial charge < -0.3 is 10.0 Å². The van der Waals surface area contributed by atoms with Crippen LogP contribution in [-0.2, 0) is 0 Å². The van der Waals surface area contributed by atoms with Gasteiger partial charge in [0.25, 0.3) is 0 Å². The van der Waals surface area contributed by atoms with Crippen LogP contribution in [0.1, 0.15) is 6.92 Å². The van der Waals surface area contributed by atoms with E-state index in [-0.39, 0.29) is 12.6 Å². The molecule has 0 aromatic carbocycles. The number of aliphatic hydroxyl groups excluding tert-OH is 1. The molecule has 0 heterocycles. The Balaban J connectivity index is 3.43. The largest absolute Gasteiger partial charge is 0.394 e. The summed E-state index contributed by atoms with van der Waals surface area (Å²) in [4.78, 5) is 5.83. The lowest BCUT2D eigenvalue weighted by molar-refractivity contribution is 0.274. The maximum absolute atomic E-state index is 8.52. The zero-order valence-electron chi connectivity index (χ0n) is 6.20. The Hall–Kier alpha value is -0.570. The van der Waals surface area contributed by atoms with Crippen molar-refractivity contribution in [2.45, 2.75) is 13.0 Å². The van der Waals surface area contributed by atoms with E-state index in [1.807, 2.05) is 25.9 Å². The van der Waals surface area contributed by atoms with Crippen molar-refractivity contribution in [1.29, 1.82) is 0 Å². The summed E-state index contributed by atoms with van der Waals surface area (Å²) >= 11 is 0. The Bertz CT molecular complexity index is 91.1. The molecule has 0 unspecified atom stereocenters. The SMILES string of the molecule is C[C@H](CO)N=CN(C)C. The lowest BCUT2D eigenvalue weighted by Gasteiger charge is -2.04. The number of aliphatic imine (C=N–C) groups is 1. The smallest absolute Gasteiger partial charge is 0.0848 e. The molecule has 1 N–H and O–H groups in total. The van der Waals surface area contributed by atoms with Crippen LogP contribution in [0.2, 0.25) is 0 Å². The molecule has 3 nitrogen and oxygen atoms in total. The molecule has 1 atom stereocenters. The van der Waals surface area contributed by atoms with Crippen LogP contribution < -0.4 is 0 Å². The molecule has 0 aliphatic carbocycles. The fourth-order valence-electron chi connectivity index (χ4n) is 0.294. The van der Waals surface area contributed by atoms with E-state index in [4.69, 9.17) is 5.11 Å². The highest BCUT2D eigenvalue weighted by molar-refractivity contribution is 5.53. The third-order valence-corrected chi connectivity index (χ3v) is 0.816. The molecule has 0 rings (SSSR count).